The highest BCUT2D eigenvalue weighted by Crippen LogP contribution is 2.61. The second-order valence-electron chi connectivity index (χ2n) is 8.57. The number of aromatic hydroxyl groups is 1. The Bertz CT molecular complexity index is 1170. The van der Waals surface area contributed by atoms with Gasteiger partial charge in [0.05, 0.1) is 23.1 Å². The number of aryl methyl sites for hydroxylation is 1. The molecule has 5 rings (SSSR count). The van der Waals surface area contributed by atoms with Crippen LogP contribution < -0.4 is 0 Å². The summed E-state index contributed by atoms with van der Waals surface area (Å²) in [5, 5.41) is 21.0. The van der Waals surface area contributed by atoms with E-state index in [9.17, 15) is 19.4 Å². The predicted octanol–water partition coefficient (Wildman–Crippen LogP) is 4.44. The molecule has 1 aromatic heterocycles. The zero-order valence-electron chi connectivity index (χ0n) is 16.3. The highest BCUT2D eigenvalue weighted by Gasteiger charge is 2.60. The number of ether oxygens (including phenoxy) is 1. The van der Waals surface area contributed by atoms with Crippen LogP contribution in [0.2, 0.25) is 0 Å². The first-order chi connectivity index (χ1) is 13.8. The first kappa shape index (κ1) is 18.2. The van der Waals surface area contributed by atoms with Crippen LogP contribution in [0, 0.1) is 18.2 Å². The molecule has 150 valence electrons. The number of rotatable bonds is 2. The zero-order chi connectivity index (χ0) is 20.6. The van der Waals surface area contributed by atoms with E-state index in [0.29, 0.717) is 36.8 Å². The fourth-order valence-electron chi connectivity index (χ4n) is 5.22. The molecule has 2 aliphatic rings. The SMILES string of the molecule is Cc1cc(-n2c3c(c4c(O)cccc42)[C@]2(C[C@](C)(C(=O)O)C2)OCC3)ccc1F. The molecule has 0 unspecified atom stereocenters. The van der Waals surface area contributed by atoms with Gasteiger partial charge in [0, 0.05) is 28.8 Å². The van der Waals surface area contributed by atoms with Crippen LogP contribution in [0.25, 0.3) is 16.6 Å². The number of carbonyl (C=O) groups is 1. The number of carboxylic acids is 1. The van der Waals surface area contributed by atoms with Crippen LogP contribution in [-0.4, -0.2) is 27.4 Å². The summed E-state index contributed by atoms with van der Waals surface area (Å²) in [6, 6.07) is 10.3. The molecule has 3 aromatic rings. The van der Waals surface area contributed by atoms with E-state index in [1.54, 1.807) is 38.1 Å². The van der Waals surface area contributed by atoms with Crippen molar-refractivity contribution in [2.75, 3.05) is 6.61 Å². The molecular weight excluding hydrogens is 373 g/mol. The quantitative estimate of drug-likeness (QED) is 0.673. The van der Waals surface area contributed by atoms with E-state index in [1.165, 1.54) is 6.07 Å². The lowest BCUT2D eigenvalue weighted by molar-refractivity contribution is -0.198. The Morgan fingerprint density at radius 1 is 1.24 bits per heavy atom. The summed E-state index contributed by atoms with van der Waals surface area (Å²) in [5.74, 6) is -0.955. The number of phenolic OH excluding ortho intramolecular Hbond substituents is 1. The van der Waals surface area contributed by atoms with Crippen molar-refractivity contribution >= 4 is 16.9 Å². The largest absolute Gasteiger partial charge is 0.507 e. The number of fused-ring (bicyclic) bond motifs is 4. The second-order valence-corrected chi connectivity index (χ2v) is 8.57. The smallest absolute Gasteiger partial charge is 0.309 e. The molecule has 0 amide bonds. The molecule has 0 atom stereocenters. The maximum atomic E-state index is 13.9. The fraction of sp³-hybridized carbons (Fsp3) is 0.348. The van der Waals surface area contributed by atoms with E-state index < -0.39 is 17.0 Å². The van der Waals surface area contributed by atoms with Gasteiger partial charge in [-0.15, -0.1) is 0 Å². The first-order valence-electron chi connectivity index (χ1n) is 9.75. The molecule has 2 aromatic carbocycles. The van der Waals surface area contributed by atoms with E-state index in [-0.39, 0.29) is 11.6 Å². The Morgan fingerprint density at radius 3 is 2.69 bits per heavy atom. The molecule has 1 spiro atoms. The molecular formula is C23H22FNO4. The normalized spacial score (nSPS) is 25.8. The van der Waals surface area contributed by atoms with E-state index in [2.05, 4.69) is 4.57 Å². The molecule has 0 radical (unpaired) electrons. The number of halogens is 1. The molecule has 2 N–H and O–H groups in total. The Morgan fingerprint density at radius 2 is 2.00 bits per heavy atom. The third-order valence-corrected chi connectivity index (χ3v) is 6.51. The molecule has 0 saturated heterocycles. The van der Waals surface area contributed by atoms with Gasteiger partial charge in [0.2, 0.25) is 0 Å². The van der Waals surface area contributed by atoms with Crippen LogP contribution in [0.5, 0.6) is 5.75 Å². The molecule has 2 heterocycles. The second kappa shape index (κ2) is 5.83. The fourth-order valence-corrected chi connectivity index (χ4v) is 5.22. The monoisotopic (exact) mass is 395 g/mol. The van der Waals surface area contributed by atoms with Crippen molar-refractivity contribution in [3.05, 3.63) is 59.0 Å². The van der Waals surface area contributed by atoms with Gasteiger partial charge in [0.1, 0.15) is 11.6 Å². The van der Waals surface area contributed by atoms with Crippen LogP contribution in [0.1, 0.15) is 36.6 Å². The maximum absolute atomic E-state index is 13.9. The number of hydrogen-bond donors (Lipinski definition) is 2. The summed E-state index contributed by atoms with van der Waals surface area (Å²) < 4.78 is 22.1. The first-order valence-corrected chi connectivity index (χ1v) is 9.75. The van der Waals surface area contributed by atoms with Crippen LogP contribution in [0.15, 0.2) is 36.4 Å². The van der Waals surface area contributed by atoms with Crippen molar-refractivity contribution in [2.45, 2.75) is 38.7 Å². The van der Waals surface area contributed by atoms with Crippen molar-refractivity contribution in [3.8, 4) is 11.4 Å². The Hall–Kier alpha value is -2.86. The Balaban J connectivity index is 1.79. The van der Waals surface area contributed by atoms with Crippen LogP contribution in [0.4, 0.5) is 4.39 Å². The minimum absolute atomic E-state index is 0.144. The highest BCUT2D eigenvalue weighted by molar-refractivity contribution is 5.94. The van der Waals surface area contributed by atoms with Crippen molar-refractivity contribution in [3.63, 3.8) is 0 Å². The maximum Gasteiger partial charge on any atom is 0.309 e. The molecule has 0 bridgehead atoms. The Labute approximate surface area is 167 Å². The molecule has 1 saturated carbocycles. The molecule has 1 aliphatic carbocycles. The zero-order valence-corrected chi connectivity index (χ0v) is 16.3. The summed E-state index contributed by atoms with van der Waals surface area (Å²) in [6.45, 7) is 3.93. The molecule has 5 nitrogen and oxygen atoms in total. The average molecular weight is 395 g/mol. The number of benzene rings is 2. The lowest BCUT2D eigenvalue weighted by Crippen LogP contribution is -2.55. The van der Waals surface area contributed by atoms with E-state index in [4.69, 9.17) is 4.74 Å². The van der Waals surface area contributed by atoms with Crippen molar-refractivity contribution in [1.29, 1.82) is 0 Å². The summed E-state index contributed by atoms with van der Waals surface area (Å²) >= 11 is 0. The van der Waals surface area contributed by atoms with Crippen molar-refractivity contribution in [2.24, 2.45) is 5.41 Å². The van der Waals surface area contributed by atoms with Crippen LogP contribution >= 0.6 is 0 Å². The van der Waals surface area contributed by atoms with E-state index >= 15 is 0 Å². The number of carboxylic acid groups (broad SMARTS) is 1. The van der Waals surface area contributed by atoms with Gasteiger partial charge < -0.3 is 19.5 Å². The van der Waals surface area contributed by atoms with Gasteiger partial charge in [-0.3, -0.25) is 4.79 Å². The molecule has 6 heteroatoms. The van der Waals surface area contributed by atoms with Gasteiger partial charge in [-0.2, -0.15) is 0 Å². The van der Waals surface area contributed by atoms with E-state index in [0.717, 1.165) is 22.5 Å². The topological polar surface area (TPSA) is 71.7 Å². The van der Waals surface area contributed by atoms with E-state index in [1.807, 2.05) is 6.07 Å². The van der Waals surface area contributed by atoms with Gasteiger partial charge >= 0.3 is 5.97 Å². The van der Waals surface area contributed by atoms with Crippen molar-refractivity contribution in [1.82, 2.24) is 4.57 Å². The number of aromatic nitrogens is 1. The van der Waals surface area contributed by atoms with Crippen molar-refractivity contribution < 1.29 is 24.1 Å². The lowest BCUT2D eigenvalue weighted by atomic mass is 9.56. The summed E-state index contributed by atoms with van der Waals surface area (Å²) in [6.07, 6.45) is 1.35. The predicted molar refractivity (Wildman–Crippen MR) is 106 cm³/mol. The highest BCUT2D eigenvalue weighted by atomic mass is 19.1. The van der Waals surface area contributed by atoms with Gasteiger partial charge in [-0.1, -0.05) is 6.07 Å². The third-order valence-electron chi connectivity index (χ3n) is 6.51. The van der Waals surface area contributed by atoms with Crippen LogP contribution in [0.3, 0.4) is 0 Å². The minimum atomic E-state index is -0.847. The average Bonchev–Trinajstić information content (AvgIpc) is 2.99. The summed E-state index contributed by atoms with van der Waals surface area (Å²) in [5.41, 5.74) is 2.47. The minimum Gasteiger partial charge on any atom is -0.507 e. The van der Waals surface area contributed by atoms with Gasteiger partial charge in [-0.25, -0.2) is 4.39 Å². The number of aliphatic carboxylic acids is 1. The van der Waals surface area contributed by atoms with Gasteiger partial charge in [0.15, 0.2) is 0 Å². The standard InChI is InChI=1S/C23H22FNO4/c1-13-10-14(6-7-15(13)24)25-16-4-3-5-18(26)19(16)20-17(25)8-9-29-23(20)11-22(2,12-23)21(27)28/h3-7,10,26H,8-9,11-12H2,1-2H3,(H,27,28)/t22-,23+. The molecule has 29 heavy (non-hydrogen) atoms. The number of hydrogen-bond acceptors (Lipinski definition) is 3. The van der Waals surface area contributed by atoms with Gasteiger partial charge in [0.25, 0.3) is 0 Å². The molecule has 1 aliphatic heterocycles. The van der Waals surface area contributed by atoms with Crippen LogP contribution in [-0.2, 0) is 21.6 Å². The number of nitrogens with zero attached hydrogens (tertiary/aromatic N) is 1. The number of phenols is 1. The lowest BCUT2D eigenvalue weighted by Gasteiger charge is -2.53. The Kier molecular flexibility index (Phi) is 3.65. The third kappa shape index (κ3) is 2.38. The summed E-state index contributed by atoms with van der Waals surface area (Å²) in [7, 11) is 0. The summed E-state index contributed by atoms with van der Waals surface area (Å²) in [4.78, 5) is 11.7. The molecule has 1 fully saturated rings. The van der Waals surface area contributed by atoms with Gasteiger partial charge in [-0.05, 0) is 62.6 Å².